The number of ether oxygens (including phenoxy) is 1. The Bertz CT molecular complexity index is 842. The number of rotatable bonds is 6. The van der Waals surface area contributed by atoms with Crippen molar-refractivity contribution in [2.45, 2.75) is 11.8 Å². The third-order valence-corrected chi connectivity index (χ3v) is 4.53. The van der Waals surface area contributed by atoms with Gasteiger partial charge >= 0.3 is 0 Å². The van der Waals surface area contributed by atoms with Crippen molar-refractivity contribution in [1.29, 1.82) is 0 Å². The van der Waals surface area contributed by atoms with Gasteiger partial charge in [-0.1, -0.05) is 55.5 Å². The Morgan fingerprint density at radius 3 is 2.62 bits per heavy atom. The molecule has 0 bridgehead atoms. The number of thioether (sulfide) groups is 1. The number of amides is 1. The number of nitrogens with one attached hydrogen (secondary N) is 1. The average Bonchev–Trinajstić information content (AvgIpc) is 2.62. The van der Waals surface area contributed by atoms with E-state index in [-0.39, 0.29) is 12.5 Å². The molecule has 0 aromatic heterocycles. The van der Waals surface area contributed by atoms with Crippen molar-refractivity contribution >= 4 is 34.1 Å². The van der Waals surface area contributed by atoms with Crippen LogP contribution in [0, 0.1) is 0 Å². The van der Waals surface area contributed by atoms with Crippen LogP contribution < -0.4 is 10.1 Å². The molecule has 0 heterocycles. The first-order chi connectivity index (χ1) is 11.8. The maximum absolute atomic E-state index is 12.2. The third kappa shape index (κ3) is 3.89. The number of hydrogen-bond acceptors (Lipinski definition) is 3. The van der Waals surface area contributed by atoms with E-state index in [9.17, 15) is 4.79 Å². The summed E-state index contributed by atoms with van der Waals surface area (Å²) in [6, 6.07) is 21.6. The number of carbonyl (C=O) groups is 1. The zero-order valence-corrected chi connectivity index (χ0v) is 14.3. The summed E-state index contributed by atoms with van der Waals surface area (Å²) < 4.78 is 5.73. The van der Waals surface area contributed by atoms with Crippen molar-refractivity contribution in [2.24, 2.45) is 0 Å². The lowest BCUT2D eigenvalue weighted by molar-refractivity contribution is -0.118. The summed E-state index contributed by atoms with van der Waals surface area (Å²) >= 11 is 1.70. The minimum atomic E-state index is -0.160. The standard InChI is InChI=1S/C20H19NO2S/c1-2-24-19-13-6-5-11-17(19)21-20(22)14-23-18-12-7-9-15-8-3-4-10-16(15)18/h3-13H,2,14H2,1H3,(H,21,22). The van der Waals surface area contributed by atoms with Crippen LogP contribution in [0.15, 0.2) is 71.6 Å². The molecule has 0 saturated carbocycles. The lowest BCUT2D eigenvalue weighted by Gasteiger charge is -2.12. The Morgan fingerprint density at radius 2 is 1.75 bits per heavy atom. The number of anilines is 1. The largest absolute Gasteiger partial charge is 0.483 e. The Labute approximate surface area is 146 Å². The summed E-state index contributed by atoms with van der Waals surface area (Å²) in [4.78, 5) is 13.3. The van der Waals surface area contributed by atoms with E-state index in [0.717, 1.165) is 32.9 Å². The second-order valence-corrected chi connectivity index (χ2v) is 6.55. The highest BCUT2D eigenvalue weighted by molar-refractivity contribution is 7.99. The first kappa shape index (κ1) is 16.4. The SMILES string of the molecule is CCSc1ccccc1NC(=O)COc1cccc2ccccc12. The van der Waals surface area contributed by atoms with Gasteiger partial charge in [0.1, 0.15) is 5.75 Å². The predicted octanol–water partition coefficient (Wildman–Crippen LogP) is 4.97. The molecule has 1 N–H and O–H groups in total. The smallest absolute Gasteiger partial charge is 0.262 e. The molecule has 4 heteroatoms. The normalized spacial score (nSPS) is 10.5. The third-order valence-electron chi connectivity index (χ3n) is 3.57. The summed E-state index contributed by atoms with van der Waals surface area (Å²) in [5.41, 5.74) is 0.830. The van der Waals surface area contributed by atoms with Crippen LogP contribution in [0.1, 0.15) is 6.92 Å². The van der Waals surface area contributed by atoms with Gasteiger partial charge in [-0.3, -0.25) is 4.79 Å². The molecule has 0 unspecified atom stereocenters. The lowest BCUT2D eigenvalue weighted by atomic mass is 10.1. The summed E-state index contributed by atoms with van der Waals surface area (Å²) in [6.07, 6.45) is 0. The first-order valence-electron chi connectivity index (χ1n) is 7.90. The molecule has 0 fully saturated rings. The molecule has 24 heavy (non-hydrogen) atoms. The summed E-state index contributed by atoms with van der Waals surface area (Å²) in [6.45, 7) is 2.08. The number of fused-ring (bicyclic) bond motifs is 1. The van der Waals surface area contributed by atoms with Gasteiger partial charge in [0.15, 0.2) is 6.61 Å². The Kier molecular flexibility index (Phi) is 5.39. The van der Waals surface area contributed by atoms with Crippen LogP contribution in [-0.2, 0) is 4.79 Å². The van der Waals surface area contributed by atoms with Gasteiger partial charge in [0.25, 0.3) is 5.91 Å². The van der Waals surface area contributed by atoms with Crippen molar-refractivity contribution in [3.63, 3.8) is 0 Å². The Balaban J connectivity index is 1.67. The Morgan fingerprint density at radius 1 is 1.00 bits per heavy atom. The van der Waals surface area contributed by atoms with Gasteiger partial charge in [0, 0.05) is 10.3 Å². The molecule has 3 aromatic rings. The van der Waals surface area contributed by atoms with Crippen LogP contribution in [0.3, 0.4) is 0 Å². The fourth-order valence-corrected chi connectivity index (χ4v) is 3.26. The summed E-state index contributed by atoms with van der Waals surface area (Å²) in [5.74, 6) is 1.52. The molecule has 122 valence electrons. The predicted molar refractivity (Wildman–Crippen MR) is 101 cm³/mol. The van der Waals surface area contributed by atoms with E-state index in [1.54, 1.807) is 11.8 Å². The van der Waals surface area contributed by atoms with Crippen LogP contribution in [0.5, 0.6) is 5.75 Å². The molecule has 0 aliphatic heterocycles. The molecule has 0 atom stereocenters. The molecule has 0 aliphatic rings. The second kappa shape index (κ2) is 7.88. The number of carbonyl (C=O) groups excluding carboxylic acids is 1. The highest BCUT2D eigenvalue weighted by Crippen LogP contribution is 2.27. The van der Waals surface area contributed by atoms with Crippen molar-refractivity contribution < 1.29 is 9.53 Å². The average molecular weight is 337 g/mol. The molecule has 3 rings (SSSR count). The highest BCUT2D eigenvalue weighted by Gasteiger charge is 2.08. The topological polar surface area (TPSA) is 38.3 Å². The molecule has 1 amide bonds. The fourth-order valence-electron chi connectivity index (χ4n) is 2.50. The van der Waals surface area contributed by atoms with Crippen molar-refractivity contribution in [3.05, 3.63) is 66.7 Å². The first-order valence-corrected chi connectivity index (χ1v) is 8.88. The van der Waals surface area contributed by atoms with Gasteiger partial charge in [-0.15, -0.1) is 11.8 Å². The molecular formula is C20H19NO2S. The van der Waals surface area contributed by atoms with E-state index >= 15 is 0 Å². The Hall–Kier alpha value is -2.46. The van der Waals surface area contributed by atoms with Gasteiger partial charge in [0.2, 0.25) is 0 Å². The quantitative estimate of drug-likeness (QED) is 0.645. The zero-order chi connectivity index (χ0) is 16.8. The number of para-hydroxylation sites is 1. The molecule has 0 radical (unpaired) electrons. The summed E-state index contributed by atoms with van der Waals surface area (Å²) in [5, 5.41) is 5.04. The minimum absolute atomic E-state index is 0.0147. The van der Waals surface area contributed by atoms with Crippen LogP contribution in [0.2, 0.25) is 0 Å². The van der Waals surface area contributed by atoms with Gasteiger partial charge < -0.3 is 10.1 Å². The lowest BCUT2D eigenvalue weighted by Crippen LogP contribution is -2.20. The monoisotopic (exact) mass is 337 g/mol. The van der Waals surface area contributed by atoms with E-state index < -0.39 is 0 Å². The fraction of sp³-hybridized carbons (Fsp3) is 0.150. The van der Waals surface area contributed by atoms with Gasteiger partial charge in [-0.25, -0.2) is 0 Å². The molecule has 0 saturated heterocycles. The molecule has 3 nitrogen and oxygen atoms in total. The van der Waals surface area contributed by atoms with Crippen molar-refractivity contribution in [3.8, 4) is 5.75 Å². The van der Waals surface area contributed by atoms with Crippen LogP contribution >= 0.6 is 11.8 Å². The maximum Gasteiger partial charge on any atom is 0.262 e. The van der Waals surface area contributed by atoms with E-state index in [1.165, 1.54) is 0 Å². The highest BCUT2D eigenvalue weighted by atomic mass is 32.2. The molecule has 0 spiro atoms. The number of benzene rings is 3. The van der Waals surface area contributed by atoms with Gasteiger partial charge in [0.05, 0.1) is 5.69 Å². The van der Waals surface area contributed by atoms with E-state index in [0.29, 0.717) is 0 Å². The minimum Gasteiger partial charge on any atom is -0.483 e. The van der Waals surface area contributed by atoms with Crippen LogP contribution in [0.25, 0.3) is 10.8 Å². The second-order valence-electron chi connectivity index (χ2n) is 5.24. The molecular weight excluding hydrogens is 318 g/mol. The van der Waals surface area contributed by atoms with Crippen molar-refractivity contribution in [2.75, 3.05) is 17.7 Å². The van der Waals surface area contributed by atoms with Gasteiger partial charge in [-0.05, 0) is 29.3 Å². The van der Waals surface area contributed by atoms with Crippen molar-refractivity contribution in [1.82, 2.24) is 0 Å². The van der Waals surface area contributed by atoms with E-state index in [4.69, 9.17) is 4.74 Å². The number of hydrogen-bond donors (Lipinski definition) is 1. The molecule has 0 aliphatic carbocycles. The summed E-state index contributed by atoms with van der Waals surface area (Å²) in [7, 11) is 0. The van der Waals surface area contributed by atoms with E-state index in [1.807, 2.05) is 66.7 Å². The van der Waals surface area contributed by atoms with Crippen LogP contribution in [0.4, 0.5) is 5.69 Å². The van der Waals surface area contributed by atoms with E-state index in [2.05, 4.69) is 12.2 Å². The van der Waals surface area contributed by atoms with Crippen LogP contribution in [-0.4, -0.2) is 18.3 Å². The van der Waals surface area contributed by atoms with Gasteiger partial charge in [-0.2, -0.15) is 0 Å². The molecule has 3 aromatic carbocycles. The zero-order valence-electron chi connectivity index (χ0n) is 13.5. The maximum atomic E-state index is 12.2.